The highest BCUT2D eigenvalue weighted by Gasteiger charge is 2.34. The lowest BCUT2D eigenvalue weighted by atomic mass is 10.1. The van der Waals surface area contributed by atoms with Crippen LogP contribution in [0.25, 0.3) is 0 Å². The number of carboxylic acid groups (broad SMARTS) is 1. The fourth-order valence-electron chi connectivity index (χ4n) is 3.39. The molecule has 0 spiro atoms. The molecule has 0 aromatic rings. The zero-order chi connectivity index (χ0) is 25.7. The van der Waals surface area contributed by atoms with E-state index in [-0.39, 0.29) is 18.9 Å². The van der Waals surface area contributed by atoms with Gasteiger partial charge in [-0.05, 0) is 45.6 Å². The van der Waals surface area contributed by atoms with Crippen LogP contribution in [0.3, 0.4) is 0 Å². The van der Waals surface area contributed by atoms with E-state index >= 15 is 0 Å². The van der Waals surface area contributed by atoms with E-state index in [1.54, 1.807) is 0 Å². The quantitative estimate of drug-likeness (QED) is 0.120. The molecular weight excluding hydrogens is 450 g/mol. The van der Waals surface area contributed by atoms with Crippen molar-refractivity contribution < 1.29 is 33.9 Å². The number of hydrogen-bond acceptors (Lipinski definition) is 8. The van der Waals surface area contributed by atoms with Gasteiger partial charge >= 0.3 is 5.97 Å². The van der Waals surface area contributed by atoms with Crippen molar-refractivity contribution in [3.05, 3.63) is 0 Å². The molecule has 1 rings (SSSR count). The Bertz CT molecular complexity index is 762. The van der Waals surface area contributed by atoms with Gasteiger partial charge in [-0.2, -0.15) is 0 Å². The van der Waals surface area contributed by atoms with Gasteiger partial charge in [0.05, 0.1) is 19.6 Å². The Morgan fingerprint density at radius 1 is 1.00 bits per heavy atom. The molecule has 9 N–H and O–H groups in total. The number of aliphatic carboxylic acids is 1. The van der Waals surface area contributed by atoms with Gasteiger partial charge < -0.3 is 42.7 Å². The monoisotopic (exact) mass is 485 g/mol. The molecule has 3 atom stereocenters. The first-order valence-electron chi connectivity index (χ1n) is 11.2. The molecule has 0 aromatic carbocycles. The van der Waals surface area contributed by atoms with Crippen molar-refractivity contribution in [1.82, 2.24) is 26.2 Å². The Morgan fingerprint density at radius 2 is 1.68 bits per heavy atom. The van der Waals surface area contributed by atoms with E-state index in [4.69, 9.17) is 16.6 Å². The molecule has 0 aromatic heterocycles. The smallest absolute Gasteiger partial charge is 0.326 e. The van der Waals surface area contributed by atoms with Crippen molar-refractivity contribution in [2.24, 2.45) is 11.5 Å². The van der Waals surface area contributed by atoms with Crippen molar-refractivity contribution in [2.75, 3.05) is 32.7 Å². The summed E-state index contributed by atoms with van der Waals surface area (Å²) >= 11 is 0. The number of nitrogens with zero attached hydrogens (tertiary/aromatic N) is 1. The van der Waals surface area contributed by atoms with Crippen molar-refractivity contribution in [3.63, 3.8) is 0 Å². The summed E-state index contributed by atoms with van der Waals surface area (Å²) in [5.41, 5.74) is 10.7. The molecule has 34 heavy (non-hydrogen) atoms. The second-order valence-corrected chi connectivity index (χ2v) is 7.92. The predicted molar refractivity (Wildman–Crippen MR) is 120 cm³/mol. The van der Waals surface area contributed by atoms with Crippen molar-refractivity contribution in [1.29, 1.82) is 0 Å². The molecule has 1 fully saturated rings. The summed E-state index contributed by atoms with van der Waals surface area (Å²) in [6.07, 6.45) is 2.48. The first-order chi connectivity index (χ1) is 16.1. The lowest BCUT2D eigenvalue weighted by Gasteiger charge is -2.24. The van der Waals surface area contributed by atoms with E-state index in [9.17, 15) is 28.8 Å². The topological polar surface area (TPSA) is 226 Å². The van der Waals surface area contributed by atoms with E-state index in [1.807, 2.05) is 0 Å². The molecule has 0 saturated carbocycles. The molecule has 1 aliphatic heterocycles. The van der Waals surface area contributed by atoms with Crippen LogP contribution in [0.1, 0.15) is 39.0 Å². The first-order valence-corrected chi connectivity index (χ1v) is 11.2. The van der Waals surface area contributed by atoms with Gasteiger partial charge in [-0.1, -0.05) is 0 Å². The summed E-state index contributed by atoms with van der Waals surface area (Å²) in [4.78, 5) is 72.8. The maximum absolute atomic E-state index is 12.4. The third kappa shape index (κ3) is 9.70. The number of amides is 5. The van der Waals surface area contributed by atoms with E-state index in [0.29, 0.717) is 38.8 Å². The Balaban J connectivity index is 2.37. The van der Waals surface area contributed by atoms with Gasteiger partial charge in [0.2, 0.25) is 29.5 Å². The van der Waals surface area contributed by atoms with E-state index in [0.717, 1.165) is 0 Å². The highest BCUT2D eigenvalue weighted by atomic mass is 16.4. The highest BCUT2D eigenvalue weighted by molar-refractivity contribution is 5.94. The SMILES string of the molecule is C[C@H](NC(=O)[C@@H]1CCCN1C(=O)CN)C(=O)NCC(=O)NCC(=O)N[C@@H](CCCCN)C(=O)O. The van der Waals surface area contributed by atoms with Crippen LogP contribution in [0.15, 0.2) is 0 Å². The maximum atomic E-state index is 12.4. The molecule has 1 aliphatic rings. The van der Waals surface area contributed by atoms with Crippen LogP contribution in [0.2, 0.25) is 0 Å². The average Bonchev–Trinajstić information content (AvgIpc) is 3.30. The van der Waals surface area contributed by atoms with Crippen LogP contribution in [-0.4, -0.2) is 96.4 Å². The van der Waals surface area contributed by atoms with Crippen LogP contribution in [0.4, 0.5) is 0 Å². The third-order valence-electron chi connectivity index (χ3n) is 5.25. The third-order valence-corrected chi connectivity index (χ3v) is 5.25. The molecule has 0 bridgehead atoms. The molecule has 192 valence electrons. The van der Waals surface area contributed by atoms with Crippen molar-refractivity contribution in [2.45, 2.75) is 57.2 Å². The second kappa shape index (κ2) is 14.8. The van der Waals surface area contributed by atoms with E-state index < -0.39 is 60.8 Å². The lowest BCUT2D eigenvalue weighted by Crippen LogP contribution is -2.53. The molecule has 0 aliphatic carbocycles. The molecule has 5 amide bonds. The summed E-state index contributed by atoms with van der Waals surface area (Å²) in [5.74, 6) is -4.01. The van der Waals surface area contributed by atoms with E-state index in [1.165, 1.54) is 11.8 Å². The average molecular weight is 486 g/mol. The number of carboxylic acids is 1. The Morgan fingerprint density at radius 3 is 2.29 bits per heavy atom. The fourth-order valence-corrected chi connectivity index (χ4v) is 3.39. The number of hydrogen-bond donors (Lipinski definition) is 7. The first kappa shape index (κ1) is 28.8. The number of carbonyl (C=O) groups is 6. The van der Waals surface area contributed by atoms with Gasteiger partial charge in [-0.15, -0.1) is 0 Å². The normalized spacial score (nSPS) is 16.8. The summed E-state index contributed by atoms with van der Waals surface area (Å²) in [6.45, 7) is 1.14. The minimum atomic E-state index is -1.19. The Labute approximate surface area is 197 Å². The number of nitrogens with one attached hydrogen (secondary N) is 4. The summed E-state index contributed by atoms with van der Waals surface area (Å²) in [5, 5.41) is 18.6. The van der Waals surface area contributed by atoms with E-state index in [2.05, 4.69) is 21.3 Å². The number of nitrogens with two attached hydrogens (primary N) is 2. The minimum Gasteiger partial charge on any atom is -0.480 e. The van der Waals surface area contributed by atoms with Gasteiger partial charge in [-0.3, -0.25) is 24.0 Å². The highest BCUT2D eigenvalue weighted by Crippen LogP contribution is 2.17. The predicted octanol–water partition coefficient (Wildman–Crippen LogP) is -3.63. The van der Waals surface area contributed by atoms with Crippen LogP contribution in [-0.2, 0) is 28.8 Å². The van der Waals surface area contributed by atoms with Gasteiger partial charge in [0.15, 0.2) is 0 Å². The fraction of sp³-hybridized carbons (Fsp3) is 0.700. The second-order valence-electron chi connectivity index (χ2n) is 7.92. The van der Waals surface area contributed by atoms with Crippen molar-refractivity contribution >= 4 is 35.5 Å². The van der Waals surface area contributed by atoms with Gasteiger partial charge in [0.1, 0.15) is 18.1 Å². The Kier molecular flexibility index (Phi) is 12.5. The summed E-state index contributed by atoms with van der Waals surface area (Å²) < 4.78 is 0. The molecule has 0 radical (unpaired) electrons. The number of carbonyl (C=O) groups excluding carboxylic acids is 5. The van der Waals surface area contributed by atoms with Crippen LogP contribution < -0.4 is 32.7 Å². The lowest BCUT2D eigenvalue weighted by molar-refractivity contribution is -0.142. The van der Waals surface area contributed by atoms with Gasteiger partial charge in [0, 0.05) is 6.54 Å². The van der Waals surface area contributed by atoms with Gasteiger partial charge in [-0.25, -0.2) is 4.79 Å². The molecule has 1 heterocycles. The van der Waals surface area contributed by atoms with Crippen LogP contribution >= 0.6 is 0 Å². The van der Waals surface area contributed by atoms with Crippen molar-refractivity contribution in [3.8, 4) is 0 Å². The van der Waals surface area contributed by atoms with Gasteiger partial charge in [0.25, 0.3) is 0 Å². The number of rotatable bonds is 14. The standard InChI is InChI=1S/C20H35N7O7/c1-12(25-19(32)14-6-4-8-27(14)17(30)9-22)18(31)24-10-15(28)23-11-16(29)26-13(20(33)34)5-2-3-7-21/h12-14H,2-11,21-22H2,1H3,(H,23,28)(H,24,31)(H,25,32)(H,26,29)(H,33,34)/t12-,13-,14-/m0/s1. The number of unbranched alkanes of at least 4 members (excludes halogenated alkanes) is 1. The minimum absolute atomic E-state index is 0.210. The molecule has 1 saturated heterocycles. The summed E-state index contributed by atoms with van der Waals surface area (Å²) in [7, 11) is 0. The van der Waals surface area contributed by atoms with Crippen LogP contribution in [0, 0.1) is 0 Å². The molecular formula is C20H35N7O7. The van der Waals surface area contributed by atoms with Crippen LogP contribution in [0.5, 0.6) is 0 Å². The number of likely N-dealkylation sites (tertiary alicyclic amines) is 1. The maximum Gasteiger partial charge on any atom is 0.326 e. The Hall–Kier alpha value is -3.26. The summed E-state index contributed by atoms with van der Waals surface area (Å²) in [6, 6.07) is -2.75. The molecule has 14 heteroatoms. The molecule has 0 unspecified atom stereocenters. The zero-order valence-electron chi connectivity index (χ0n) is 19.3. The zero-order valence-corrected chi connectivity index (χ0v) is 19.3. The largest absolute Gasteiger partial charge is 0.480 e. The molecule has 14 nitrogen and oxygen atoms in total.